The van der Waals surface area contributed by atoms with Gasteiger partial charge in [-0.3, -0.25) is 14.2 Å². The molecule has 4 heterocycles. The van der Waals surface area contributed by atoms with E-state index in [1.165, 1.54) is 22.0 Å². The third kappa shape index (κ3) is 6.08. The molecule has 218 valence electrons. The number of aromatic amines is 1. The molecule has 13 heteroatoms. The highest BCUT2D eigenvalue weighted by atomic mass is 79.9. The molecule has 0 unspecified atom stereocenters. The summed E-state index contributed by atoms with van der Waals surface area (Å²) in [6, 6.07) is 9.69. The van der Waals surface area contributed by atoms with E-state index in [0.717, 1.165) is 18.2 Å². The maximum absolute atomic E-state index is 14.0. The molecule has 0 radical (unpaired) electrons. The van der Waals surface area contributed by atoms with Crippen molar-refractivity contribution < 1.29 is 18.7 Å². The van der Waals surface area contributed by atoms with E-state index in [-0.39, 0.29) is 17.7 Å². The number of allylic oxidation sites excluding steroid dienone is 1. The molecule has 0 amide bonds. The molecule has 3 aromatic heterocycles. The summed E-state index contributed by atoms with van der Waals surface area (Å²) >= 11 is 5.86. The average molecular weight is 672 g/mol. The number of thiazole rings is 1. The molecule has 1 aliphatic rings. The highest BCUT2D eigenvalue weighted by Crippen LogP contribution is 2.35. The van der Waals surface area contributed by atoms with Crippen LogP contribution in [0.5, 0.6) is 5.75 Å². The van der Waals surface area contributed by atoms with Crippen molar-refractivity contribution >= 4 is 51.1 Å². The first-order valence-electron chi connectivity index (χ1n) is 13.1. The van der Waals surface area contributed by atoms with Gasteiger partial charge in [-0.1, -0.05) is 36.8 Å². The van der Waals surface area contributed by atoms with Crippen molar-refractivity contribution in [1.82, 2.24) is 14.5 Å². The standard InChI is InChI=1S/C29H27BrN4O6S2/c1-5-8-20-23(26(37)39-6-2)24(16-9-7-10-17(12-16)38-4)34-25(36)21(41-29(34)32-20)14-18-13-19(30)27(40-18)42-28-31-15(3)11-22(35)33-28/h7,9-14,24H,5-6,8H2,1-4H3,(H,31,33,35)/b21-14+/t24-/m1/s1. The number of hydrogen-bond donors (Lipinski definition) is 1. The van der Waals surface area contributed by atoms with E-state index in [1.807, 2.05) is 25.1 Å². The minimum absolute atomic E-state index is 0.191. The molecule has 0 saturated carbocycles. The quantitative estimate of drug-likeness (QED) is 0.204. The van der Waals surface area contributed by atoms with Crippen LogP contribution in [0, 0.1) is 6.92 Å². The van der Waals surface area contributed by atoms with E-state index in [0.29, 0.717) is 64.5 Å². The minimum atomic E-state index is -0.752. The summed E-state index contributed by atoms with van der Waals surface area (Å²) in [6.45, 7) is 5.68. The average Bonchev–Trinajstić information content (AvgIpc) is 3.45. The maximum atomic E-state index is 14.0. The summed E-state index contributed by atoms with van der Waals surface area (Å²) < 4.78 is 19.4. The van der Waals surface area contributed by atoms with Gasteiger partial charge < -0.3 is 18.9 Å². The van der Waals surface area contributed by atoms with Gasteiger partial charge in [0.25, 0.3) is 11.1 Å². The number of halogens is 1. The first-order chi connectivity index (χ1) is 20.2. The van der Waals surface area contributed by atoms with Gasteiger partial charge in [-0.25, -0.2) is 14.8 Å². The molecule has 42 heavy (non-hydrogen) atoms. The molecule has 4 aromatic rings. The van der Waals surface area contributed by atoms with E-state index in [1.54, 1.807) is 39.2 Å². The Balaban J connectivity index is 1.64. The fraction of sp³-hybridized carbons (Fsp3) is 0.276. The Morgan fingerprint density at radius 3 is 2.79 bits per heavy atom. The summed E-state index contributed by atoms with van der Waals surface area (Å²) in [5, 5.41) is 0.848. The van der Waals surface area contributed by atoms with Gasteiger partial charge in [0, 0.05) is 17.8 Å². The fourth-order valence-electron chi connectivity index (χ4n) is 4.57. The number of carbonyl (C=O) groups is 1. The van der Waals surface area contributed by atoms with Gasteiger partial charge in [-0.2, -0.15) is 0 Å². The Kier molecular flexibility index (Phi) is 8.99. The summed E-state index contributed by atoms with van der Waals surface area (Å²) in [5.41, 5.74) is 1.63. The summed E-state index contributed by atoms with van der Waals surface area (Å²) in [7, 11) is 1.57. The topological polar surface area (TPSA) is 129 Å². The van der Waals surface area contributed by atoms with Crippen LogP contribution >= 0.6 is 39.0 Å². The van der Waals surface area contributed by atoms with Crippen molar-refractivity contribution in [2.45, 2.75) is 49.9 Å². The maximum Gasteiger partial charge on any atom is 0.338 e. The number of fused-ring (bicyclic) bond motifs is 1. The number of nitrogens with zero attached hydrogens (tertiary/aromatic N) is 3. The second-order valence-corrected chi connectivity index (χ2v) is 12.1. The zero-order chi connectivity index (χ0) is 30.0. The van der Waals surface area contributed by atoms with Crippen molar-refractivity contribution in [2.24, 2.45) is 4.99 Å². The number of aromatic nitrogens is 3. The molecule has 1 N–H and O–H groups in total. The predicted molar refractivity (Wildman–Crippen MR) is 163 cm³/mol. The van der Waals surface area contributed by atoms with Gasteiger partial charge in [0.15, 0.2) is 15.1 Å². The molecule has 1 atom stereocenters. The Labute approximate surface area is 256 Å². The number of carbonyl (C=O) groups excluding carboxylic acids is 1. The number of nitrogens with one attached hydrogen (secondary N) is 1. The first kappa shape index (κ1) is 29.8. The lowest BCUT2D eigenvalue weighted by Gasteiger charge is -2.26. The van der Waals surface area contributed by atoms with Crippen LogP contribution in [-0.4, -0.2) is 34.2 Å². The van der Waals surface area contributed by atoms with Gasteiger partial charge in [0.1, 0.15) is 11.5 Å². The van der Waals surface area contributed by atoms with Crippen molar-refractivity contribution in [1.29, 1.82) is 0 Å². The fourth-order valence-corrected chi connectivity index (χ4v) is 6.94. The zero-order valence-electron chi connectivity index (χ0n) is 23.2. The summed E-state index contributed by atoms with van der Waals surface area (Å²) in [6.07, 6.45) is 2.94. The number of methoxy groups -OCH3 is 1. The number of aryl methyl sites for hydroxylation is 1. The Bertz CT molecular complexity index is 1940. The number of rotatable bonds is 9. The lowest BCUT2D eigenvalue weighted by atomic mass is 9.94. The largest absolute Gasteiger partial charge is 0.497 e. The van der Waals surface area contributed by atoms with E-state index in [2.05, 4.69) is 25.9 Å². The Morgan fingerprint density at radius 2 is 2.07 bits per heavy atom. The Hall–Kier alpha value is -3.68. The van der Waals surface area contributed by atoms with Crippen molar-refractivity contribution in [3.8, 4) is 5.75 Å². The molecule has 0 bridgehead atoms. The van der Waals surface area contributed by atoms with Gasteiger partial charge >= 0.3 is 5.97 Å². The SMILES string of the molecule is CCCC1=C(C(=O)OCC)[C@@H](c2cccc(OC)c2)n2c(s/c(=C/c3cc(Br)c(Sc4nc(C)cc(=O)[nH]4)o3)c2=O)=N1. The van der Waals surface area contributed by atoms with Gasteiger partial charge in [-0.15, -0.1) is 0 Å². The van der Waals surface area contributed by atoms with Crippen LogP contribution in [-0.2, 0) is 9.53 Å². The third-order valence-corrected chi connectivity index (χ3v) is 9.00. The van der Waals surface area contributed by atoms with Crippen molar-refractivity contribution in [3.63, 3.8) is 0 Å². The lowest BCUT2D eigenvalue weighted by molar-refractivity contribution is -0.139. The first-order valence-corrected chi connectivity index (χ1v) is 15.6. The van der Waals surface area contributed by atoms with Crippen LogP contribution in [0.1, 0.15) is 49.7 Å². The molecule has 0 fully saturated rings. The number of ether oxygens (including phenoxy) is 2. The van der Waals surface area contributed by atoms with Gasteiger partial charge in [0.05, 0.1) is 40.0 Å². The van der Waals surface area contributed by atoms with Crippen LogP contribution in [0.15, 0.2) is 81.4 Å². The molecule has 5 rings (SSSR count). The molecule has 0 aliphatic carbocycles. The normalized spacial score (nSPS) is 15.0. The highest BCUT2D eigenvalue weighted by molar-refractivity contribution is 9.10. The smallest absolute Gasteiger partial charge is 0.338 e. The van der Waals surface area contributed by atoms with Crippen molar-refractivity contribution in [2.75, 3.05) is 13.7 Å². The highest BCUT2D eigenvalue weighted by Gasteiger charge is 2.34. The summed E-state index contributed by atoms with van der Waals surface area (Å²) in [4.78, 5) is 51.4. The second-order valence-electron chi connectivity index (χ2n) is 9.27. The van der Waals surface area contributed by atoms with Crippen LogP contribution in [0.25, 0.3) is 6.08 Å². The van der Waals surface area contributed by atoms with E-state index < -0.39 is 12.0 Å². The minimum Gasteiger partial charge on any atom is -0.497 e. The van der Waals surface area contributed by atoms with Crippen LogP contribution in [0.3, 0.4) is 0 Å². The number of benzene rings is 1. The number of hydrogen-bond acceptors (Lipinski definition) is 10. The molecule has 10 nitrogen and oxygen atoms in total. The molecule has 1 aromatic carbocycles. The zero-order valence-corrected chi connectivity index (χ0v) is 26.4. The van der Waals surface area contributed by atoms with E-state index in [4.69, 9.17) is 18.9 Å². The molecular weight excluding hydrogens is 644 g/mol. The molecule has 0 saturated heterocycles. The molecular formula is C29H27BrN4O6S2. The second kappa shape index (κ2) is 12.7. The lowest BCUT2D eigenvalue weighted by Crippen LogP contribution is -2.40. The van der Waals surface area contributed by atoms with E-state index in [9.17, 15) is 14.4 Å². The summed E-state index contributed by atoms with van der Waals surface area (Å²) in [5.74, 6) is 0.508. The number of furan rings is 1. The molecule has 1 aliphatic heterocycles. The number of H-pyrrole nitrogens is 1. The van der Waals surface area contributed by atoms with Crippen LogP contribution < -0.4 is 25.2 Å². The van der Waals surface area contributed by atoms with Gasteiger partial charge in [-0.05, 0) is 71.7 Å². The monoisotopic (exact) mass is 670 g/mol. The molecule has 0 spiro atoms. The van der Waals surface area contributed by atoms with Crippen LogP contribution in [0.2, 0.25) is 0 Å². The van der Waals surface area contributed by atoms with E-state index >= 15 is 0 Å². The Morgan fingerprint density at radius 1 is 1.26 bits per heavy atom. The van der Waals surface area contributed by atoms with Gasteiger partial charge in [0.2, 0.25) is 0 Å². The van der Waals surface area contributed by atoms with Crippen molar-refractivity contribution in [3.05, 3.63) is 99.2 Å². The third-order valence-electron chi connectivity index (χ3n) is 6.29. The predicted octanol–water partition coefficient (Wildman–Crippen LogP) is 4.49. The number of esters is 1. The van der Waals surface area contributed by atoms with Crippen LogP contribution in [0.4, 0.5) is 0 Å².